The van der Waals surface area contributed by atoms with Crippen molar-refractivity contribution in [2.45, 2.75) is 0 Å². The number of aldehydes is 1. The van der Waals surface area contributed by atoms with E-state index in [0.29, 0.717) is 0 Å². The van der Waals surface area contributed by atoms with Gasteiger partial charge >= 0.3 is 11.9 Å². The normalized spacial score (nSPS) is 6.91. The molecule has 0 atom stereocenters. The molecule has 62 valence electrons. The van der Waals surface area contributed by atoms with Crippen molar-refractivity contribution >= 4 is 24.1 Å². The Kier molecular flexibility index (Phi) is 6.67. The third kappa shape index (κ3) is 17.9. The second kappa shape index (κ2) is 6.20. The van der Waals surface area contributed by atoms with E-state index >= 15 is 0 Å². The highest BCUT2D eigenvalue weighted by atomic mass is 16.4. The first kappa shape index (κ1) is 11.8. The largest absolute Gasteiger partial charge is 0.473 e. The molecule has 7 heteroatoms. The highest BCUT2D eigenvalue weighted by Crippen LogP contribution is 1.56. The van der Waals surface area contributed by atoms with E-state index < -0.39 is 17.8 Å². The van der Waals surface area contributed by atoms with Crippen LogP contribution < -0.4 is 5.73 Å². The summed E-state index contributed by atoms with van der Waals surface area (Å²) >= 11 is 0. The first-order chi connectivity index (χ1) is 4.91. The van der Waals surface area contributed by atoms with Crippen LogP contribution in [0.15, 0.2) is 0 Å². The molecule has 0 aromatic carbocycles. The molecular weight excluding hydrogens is 158 g/mol. The van der Waals surface area contributed by atoms with Gasteiger partial charge in [-0.05, 0) is 0 Å². The van der Waals surface area contributed by atoms with Gasteiger partial charge in [0, 0.05) is 0 Å². The predicted molar refractivity (Wildman–Crippen MR) is 30.5 cm³/mol. The number of hydrogen-bond donors (Lipinski definition) is 3. The van der Waals surface area contributed by atoms with Gasteiger partial charge in [-0.3, -0.25) is 9.59 Å². The van der Waals surface area contributed by atoms with Crippen molar-refractivity contribution in [3.8, 4) is 0 Å². The van der Waals surface area contributed by atoms with Gasteiger partial charge in [0.1, 0.15) is 0 Å². The van der Waals surface area contributed by atoms with Crippen LogP contribution in [0.1, 0.15) is 0 Å². The molecule has 0 unspecified atom stereocenters. The number of aliphatic carboxylic acids is 2. The van der Waals surface area contributed by atoms with Gasteiger partial charge in [0.05, 0.1) is 0 Å². The van der Waals surface area contributed by atoms with Crippen LogP contribution in [0.25, 0.3) is 0 Å². The van der Waals surface area contributed by atoms with Crippen molar-refractivity contribution in [2.75, 3.05) is 0 Å². The van der Waals surface area contributed by atoms with Gasteiger partial charge in [0.25, 0.3) is 5.91 Å². The molecule has 0 saturated heterocycles. The zero-order valence-electron chi connectivity index (χ0n) is 5.18. The Morgan fingerprint density at radius 3 is 1.27 bits per heavy atom. The number of carboxylic acid groups (broad SMARTS) is 2. The van der Waals surface area contributed by atoms with Crippen molar-refractivity contribution in [1.82, 2.24) is 0 Å². The predicted octanol–water partition coefficient (Wildman–Crippen LogP) is -2.17. The molecule has 0 aromatic heterocycles. The molecule has 0 aliphatic rings. The Balaban J connectivity index is 0. The summed E-state index contributed by atoms with van der Waals surface area (Å²) in [5.41, 5.74) is 4.28. The monoisotopic (exact) mass is 163 g/mol. The lowest BCUT2D eigenvalue weighted by atomic mass is 10.7. The smallest absolute Gasteiger partial charge is 0.414 e. The fourth-order valence-corrected chi connectivity index (χ4v) is 0. The molecule has 0 saturated carbocycles. The highest BCUT2D eigenvalue weighted by molar-refractivity contribution is 6.27. The first-order valence-electron chi connectivity index (χ1n) is 2.12. The summed E-state index contributed by atoms with van der Waals surface area (Å²) < 4.78 is 0. The Hall–Kier alpha value is -1.92. The Morgan fingerprint density at radius 1 is 1.09 bits per heavy atom. The average Bonchev–Trinajstić information content (AvgIpc) is 1.89. The van der Waals surface area contributed by atoms with Crippen molar-refractivity contribution in [1.29, 1.82) is 0 Å². The van der Waals surface area contributed by atoms with Gasteiger partial charge in [-0.1, -0.05) is 0 Å². The number of carbonyl (C=O) groups excluding carboxylic acids is 2. The van der Waals surface area contributed by atoms with E-state index in [1.165, 1.54) is 0 Å². The summed E-state index contributed by atoms with van der Waals surface area (Å²) in [6, 6.07) is 0. The van der Waals surface area contributed by atoms with Crippen molar-refractivity contribution in [3.63, 3.8) is 0 Å². The van der Waals surface area contributed by atoms with Crippen molar-refractivity contribution in [2.24, 2.45) is 5.73 Å². The number of rotatable bonds is 1. The minimum Gasteiger partial charge on any atom is -0.473 e. The maximum absolute atomic E-state index is 9.22. The van der Waals surface area contributed by atoms with Crippen LogP contribution in [0.5, 0.6) is 0 Å². The van der Waals surface area contributed by atoms with Gasteiger partial charge < -0.3 is 15.9 Å². The maximum Gasteiger partial charge on any atom is 0.414 e. The molecule has 0 bridgehead atoms. The van der Waals surface area contributed by atoms with Gasteiger partial charge in [0.2, 0.25) is 6.29 Å². The molecule has 0 heterocycles. The van der Waals surface area contributed by atoms with Gasteiger partial charge in [-0.15, -0.1) is 0 Å². The molecule has 4 N–H and O–H groups in total. The molecule has 0 spiro atoms. The summed E-state index contributed by atoms with van der Waals surface area (Å²) in [6.07, 6.45) is 0.0556. The molecule has 7 nitrogen and oxygen atoms in total. The fraction of sp³-hybridized carbons (Fsp3) is 0. The quantitative estimate of drug-likeness (QED) is 0.297. The van der Waals surface area contributed by atoms with Crippen LogP contribution in [-0.4, -0.2) is 34.3 Å². The SMILES string of the molecule is NC(=O)C=O.O=C(O)C(=O)O. The van der Waals surface area contributed by atoms with Crippen LogP contribution in [0.2, 0.25) is 0 Å². The lowest BCUT2D eigenvalue weighted by molar-refractivity contribution is -0.159. The van der Waals surface area contributed by atoms with Crippen molar-refractivity contribution < 1.29 is 29.4 Å². The Labute approximate surface area is 60.4 Å². The summed E-state index contributed by atoms with van der Waals surface area (Å²) in [5, 5.41) is 14.8. The van der Waals surface area contributed by atoms with Crippen LogP contribution in [0, 0.1) is 0 Å². The zero-order chi connectivity index (χ0) is 9.44. The molecule has 0 aliphatic heterocycles. The van der Waals surface area contributed by atoms with Crippen molar-refractivity contribution in [3.05, 3.63) is 0 Å². The molecule has 0 aromatic rings. The molecule has 11 heavy (non-hydrogen) atoms. The van der Waals surface area contributed by atoms with Crippen LogP contribution in [-0.2, 0) is 19.2 Å². The van der Waals surface area contributed by atoms with Gasteiger partial charge in [-0.25, -0.2) is 9.59 Å². The van der Waals surface area contributed by atoms with E-state index in [-0.39, 0.29) is 6.29 Å². The number of nitrogens with two attached hydrogens (primary N) is 1. The molecule has 1 amide bonds. The minimum absolute atomic E-state index is 0.0556. The number of amides is 1. The standard InChI is InChI=1S/C2H3NO2.C2H2O4/c3-2(5)1-4;3-1(4)2(5)6/h1H,(H2,3,5);(H,3,4)(H,5,6). The van der Waals surface area contributed by atoms with Crippen LogP contribution in [0.3, 0.4) is 0 Å². The third-order valence-corrected chi connectivity index (χ3v) is 0.299. The average molecular weight is 163 g/mol. The van der Waals surface area contributed by atoms with E-state index in [4.69, 9.17) is 24.6 Å². The van der Waals surface area contributed by atoms with E-state index in [1.807, 2.05) is 0 Å². The third-order valence-electron chi connectivity index (χ3n) is 0.299. The second-order valence-corrected chi connectivity index (χ2v) is 1.13. The molecular formula is C4H5NO6. The van der Waals surface area contributed by atoms with E-state index in [1.54, 1.807) is 0 Å². The lowest BCUT2D eigenvalue weighted by Gasteiger charge is -1.72. The fourth-order valence-electron chi connectivity index (χ4n) is 0. The lowest BCUT2D eigenvalue weighted by Crippen LogP contribution is -2.10. The molecule has 0 fully saturated rings. The van der Waals surface area contributed by atoms with Crippen LogP contribution in [0.4, 0.5) is 0 Å². The molecule has 0 rings (SSSR count). The van der Waals surface area contributed by atoms with Crippen LogP contribution >= 0.6 is 0 Å². The highest BCUT2D eigenvalue weighted by Gasteiger charge is 2.04. The number of carboxylic acids is 2. The Bertz CT molecular complexity index is 173. The molecule has 0 aliphatic carbocycles. The van der Waals surface area contributed by atoms with E-state index in [0.717, 1.165) is 0 Å². The summed E-state index contributed by atoms with van der Waals surface area (Å²) in [6.45, 7) is 0. The van der Waals surface area contributed by atoms with E-state index in [2.05, 4.69) is 5.73 Å². The maximum atomic E-state index is 9.22. The summed E-state index contributed by atoms with van der Waals surface area (Å²) in [5.74, 6) is -4.57. The second-order valence-electron chi connectivity index (χ2n) is 1.13. The topological polar surface area (TPSA) is 135 Å². The van der Waals surface area contributed by atoms with Gasteiger partial charge in [-0.2, -0.15) is 0 Å². The molecule has 0 radical (unpaired) electrons. The summed E-state index contributed by atoms with van der Waals surface area (Å²) in [7, 11) is 0. The minimum atomic E-state index is -1.82. The first-order valence-corrected chi connectivity index (χ1v) is 2.12. The van der Waals surface area contributed by atoms with Gasteiger partial charge in [0.15, 0.2) is 0 Å². The number of carbonyl (C=O) groups is 4. The number of hydrogen-bond acceptors (Lipinski definition) is 4. The number of primary amides is 1. The Morgan fingerprint density at radius 2 is 1.27 bits per heavy atom. The summed E-state index contributed by atoms with van der Waals surface area (Å²) in [4.78, 5) is 36.5. The van der Waals surface area contributed by atoms with E-state index in [9.17, 15) is 4.79 Å². The zero-order valence-corrected chi connectivity index (χ0v) is 5.18.